The minimum atomic E-state index is -0.469. The molecule has 0 saturated carbocycles. The monoisotopic (exact) mass is 497 g/mol. The summed E-state index contributed by atoms with van der Waals surface area (Å²) >= 11 is 3.28. The maximum absolute atomic E-state index is 14.4. The zero-order chi connectivity index (χ0) is 22.8. The van der Waals surface area contributed by atoms with Gasteiger partial charge in [0.05, 0.1) is 18.5 Å². The first kappa shape index (κ1) is 21.8. The highest BCUT2D eigenvalue weighted by Crippen LogP contribution is 2.25. The summed E-state index contributed by atoms with van der Waals surface area (Å²) in [5.74, 6) is 0.0510. The molecule has 2 heterocycles. The van der Waals surface area contributed by atoms with Gasteiger partial charge in [-0.05, 0) is 69.3 Å². The molecule has 0 saturated heterocycles. The molecule has 2 aromatic carbocycles. The van der Waals surface area contributed by atoms with Crippen molar-refractivity contribution >= 4 is 39.0 Å². The van der Waals surface area contributed by atoms with Gasteiger partial charge in [-0.1, -0.05) is 15.9 Å². The molecule has 0 aliphatic rings. The zero-order valence-corrected chi connectivity index (χ0v) is 19.4. The highest BCUT2D eigenvalue weighted by Gasteiger charge is 2.15. The van der Waals surface area contributed by atoms with E-state index in [-0.39, 0.29) is 11.6 Å². The Kier molecular flexibility index (Phi) is 6.14. The molecular formula is C24H21BrFN3O3. The highest BCUT2D eigenvalue weighted by molar-refractivity contribution is 9.10. The van der Waals surface area contributed by atoms with E-state index < -0.39 is 5.91 Å². The molecule has 2 aromatic heterocycles. The first-order valence-electron chi connectivity index (χ1n) is 10.0. The lowest BCUT2D eigenvalue weighted by Crippen LogP contribution is -2.16. The number of aromatic nitrogens is 1. The van der Waals surface area contributed by atoms with Gasteiger partial charge in [0.25, 0.3) is 0 Å². The molecule has 0 fully saturated rings. The van der Waals surface area contributed by atoms with Gasteiger partial charge in [-0.3, -0.25) is 4.79 Å². The molecule has 164 valence electrons. The average Bonchev–Trinajstić information content (AvgIpc) is 3.29. The summed E-state index contributed by atoms with van der Waals surface area (Å²) < 4.78 is 28.0. The largest absolute Gasteiger partial charge is 0.494 e. The molecule has 0 spiro atoms. The van der Waals surface area contributed by atoms with Crippen LogP contribution >= 0.6 is 15.9 Å². The van der Waals surface area contributed by atoms with Gasteiger partial charge in [-0.15, -0.1) is 0 Å². The maximum Gasteiger partial charge on any atom is 0.307 e. The van der Waals surface area contributed by atoms with Crippen LogP contribution in [-0.2, 0) is 0 Å². The van der Waals surface area contributed by atoms with Crippen molar-refractivity contribution in [3.63, 3.8) is 0 Å². The number of hydrogen-bond donors (Lipinski definition) is 1. The lowest BCUT2D eigenvalue weighted by Gasteiger charge is -2.11. The Labute approximate surface area is 192 Å². The minimum Gasteiger partial charge on any atom is -0.494 e. The Hall–Kier alpha value is -3.39. The van der Waals surface area contributed by atoms with Crippen LogP contribution in [0.15, 0.2) is 62.5 Å². The summed E-state index contributed by atoms with van der Waals surface area (Å²) in [4.78, 5) is 12.5. The van der Waals surface area contributed by atoms with Gasteiger partial charge in [-0.25, -0.2) is 9.82 Å². The minimum absolute atomic E-state index is 0.146. The number of hydrazone groups is 1. The normalized spacial score (nSPS) is 11.4. The van der Waals surface area contributed by atoms with E-state index in [1.165, 1.54) is 12.3 Å². The molecular weight excluding hydrogens is 477 g/mol. The van der Waals surface area contributed by atoms with Crippen LogP contribution in [-0.4, -0.2) is 23.3 Å². The van der Waals surface area contributed by atoms with E-state index >= 15 is 0 Å². The number of carbonyl (C=O) groups is 1. The van der Waals surface area contributed by atoms with E-state index in [0.29, 0.717) is 28.1 Å². The van der Waals surface area contributed by atoms with Gasteiger partial charge in [0, 0.05) is 26.8 Å². The van der Waals surface area contributed by atoms with Crippen LogP contribution in [0.3, 0.4) is 0 Å². The maximum atomic E-state index is 14.4. The Bertz CT molecular complexity index is 1340. The van der Waals surface area contributed by atoms with Crippen LogP contribution in [0.5, 0.6) is 5.75 Å². The Morgan fingerprint density at radius 3 is 2.78 bits per heavy atom. The number of carbonyl (C=O) groups excluding carboxylic acids is 1. The van der Waals surface area contributed by atoms with Gasteiger partial charge in [0.15, 0.2) is 5.76 Å². The number of furan rings is 1. The third-order valence-corrected chi connectivity index (χ3v) is 5.51. The van der Waals surface area contributed by atoms with E-state index in [1.54, 1.807) is 34.9 Å². The first-order chi connectivity index (χ1) is 15.4. The fourth-order valence-corrected chi connectivity index (χ4v) is 3.89. The van der Waals surface area contributed by atoms with E-state index in [0.717, 1.165) is 22.3 Å². The van der Waals surface area contributed by atoms with Gasteiger partial charge >= 0.3 is 5.91 Å². The van der Waals surface area contributed by atoms with Crippen molar-refractivity contribution < 1.29 is 18.3 Å². The number of benzene rings is 2. The van der Waals surface area contributed by atoms with Crippen LogP contribution in [0.25, 0.3) is 16.7 Å². The van der Waals surface area contributed by atoms with Crippen molar-refractivity contribution in [3.8, 4) is 11.4 Å². The predicted octanol–water partition coefficient (Wildman–Crippen LogP) is 5.90. The summed E-state index contributed by atoms with van der Waals surface area (Å²) in [5.41, 5.74) is 5.92. The Balaban J connectivity index is 1.52. The number of hydrogen-bond acceptors (Lipinski definition) is 4. The first-order valence-corrected chi connectivity index (χ1v) is 10.8. The second-order valence-electron chi connectivity index (χ2n) is 7.20. The Morgan fingerprint density at radius 2 is 2.03 bits per heavy atom. The predicted molar refractivity (Wildman–Crippen MR) is 125 cm³/mol. The molecule has 0 bridgehead atoms. The molecule has 0 aliphatic heterocycles. The SMILES string of the molecule is CCOc1ccc2oc(C(=O)N/N=C/c3cc(C)n(-c4ccc(Br)cc4F)c3C)cc2c1. The standard InChI is InChI=1S/C24H21BrFN3O3/c1-4-31-19-6-8-22-16(10-19)11-23(32-22)24(30)28-27-13-17-9-14(2)29(15(17)3)21-7-5-18(25)12-20(21)26/h5-13H,4H2,1-3H3,(H,28,30)/b27-13+. The fourth-order valence-electron chi connectivity index (χ4n) is 3.56. The van der Waals surface area contributed by atoms with Crippen LogP contribution in [0, 0.1) is 19.7 Å². The van der Waals surface area contributed by atoms with Crippen LogP contribution in [0.1, 0.15) is 34.4 Å². The van der Waals surface area contributed by atoms with Crippen molar-refractivity contribution in [2.75, 3.05) is 6.61 Å². The number of ether oxygens (including phenoxy) is 1. The third kappa shape index (κ3) is 4.31. The number of halogens is 2. The van der Waals surface area contributed by atoms with Gasteiger partial charge in [0.1, 0.15) is 17.1 Å². The average molecular weight is 498 g/mol. The van der Waals surface area contributed by atoms with Gasteiger partial charge in [0.2, 0.25) is 0 Å². The highest BCUT2D eigenvalue weighted by atomic mass is 79.9. The molecule has 4 rings (SSSR count). The van der Waals surface area contributed by atoms with E-state index in [4.69, 9.17) is 9.15 Å². The topological polar surface area (TPSA) is 68.8 Å². The molecule has 0 radical (unpaired) electrons. The fraction of sp³-hybridized carbons (Fsp3) is 0.167. The smallest absolute Gasteiger partial charge is 0.307 e. The Morgan fingerprint density at radius 1 is 1.22 bits per heavy atom. The van der Waals surface area contributed by atoms with Crippen molar-refractivity contribution in [1.29, 1.82) is 0 Å². The van der Waals surface area contributed by atoms with Crippen LogP contribution < -0.4 is 10.2 Å². The second-order valence-corrected chi connectivity index (χ2v) is 8.12. The molecule has 0 atom stereocenters. The van der Waals surface area contributed by atoms with E-state index in [1.807, 2.05) is 32.9 Å². The molecule has 1 N–H and O–H groups in total. The summed E-state index contributed by atoms with van der Waals surface area (Å²) in [7, 11) is 0. The number of amides is 1. The van der Waals surface area contributed by atoms with Crippen molar-refractivity contribution in [1.82, 2.24) is 9.99 Å². The molecule has 1 amide bonds. The van der Waals surface area contributed by atoms with E-state index in [9.17, 15) is 9.18 Å². The van der Waals surface area contributed by atoms with Crippen molar-refractivity contribution in [2.24, 2.45) is 5.10 Å². The van der Waals surface area contributed by atoms with Crippen LogP contribution in [0.4, 0.5) is 4.39 Å². The molecule has 0 unspecified atom stereocenters. The van der Waals surface area contributed by atoms with Crippen molar-refractivity contribution in [2.45, 2.75) is 20.8 Å². The van der Waals surface area contributed by atoms with Gasteiger partial charge in [-0.2, -0.15) is 5.10 Å². The number of rotatable bonds is 6. The second kappa shape index (κ2) is 9.00. The molecule has 6 nitrogen and oxygen atoms in total. The summed E-state index contributed by atoms with van der Waals surface area (Å²) in [6, 6.07) is 13.8. The zero-order valence-electron chi connectivity index (χ0n) is 17.8. The lowest BCUT2D eigenvalue weighted by atomic mass is 10.2. The van der Waals surface area contributed by atoms with E-state index in [2.05, 4.69) is 26.5 Å². The number of nitrogens with zero attached hydrogens (tertiary/aromatic N) is 2. The number of aryl methyl sites for hydroxylation is 1. The molecule has 0 aliphatic carbocycles. The molecule has 4 aromatic rings. The quantitative estimate of drug-likeness (QED) is 0.266. The number of nitrogens with one attached hydrogen (secondary N) is 1. The summed E-state index contributed by atoms with van der Waals surface area (Å²) in [5, 5.41) is 4.83. The summed E-state index contributed by atoms with van der Waals surface area (Å²) in [6.07, 6.45) is 1.53. The lowest BCUT2D eigenvalue weighted by molar-refractivity contribution is 0.0929. The van der Waals surface area contributed by atoms with Crippen LogP contribution in [0.2, 0.25) is 0 Å². The molecule has 8 heteroatoms. The molecule has 32 heavy (non-hydrogen) atoms. The number of fused-ring (bicyclic) bond motifs is 1. The third-order valence-electron chi connectivity index (χ3n) is 5.01. The van der Waals surface area contributed by atoms with Crippen molar-refractivity contribution in [3.05, 3.63) is 81.5 Å². The summed E-state index contributed by atoms with van der Waals surface area (Å²) in [6.45, 7) is 6.21. The van der Waals surface area contributed by atoms with Gasteiger partial charge < -0.3 is 13.7 Å².